The van der Waals surface area contributed by atoms with Crippen LogP contribution in [-0.4, -0.2) is 31.2 Å². The number of guanidine groups is 1. The molecule has 3 aromatic rings. The van der Waals surface area contributed by atoms with Crippen molar-refractivity contribution < 1.29 is 13.9 Å². The van der Waals surface area contributed by atoms with Gasteiger partial charge in [0.1, 0.15) is 17.7 Å². The molecule has 27 heavy (non-hydrogen) atoms. The lowest BCUT2D eigenvalue weighted by Crippen LogP contribution is -2.40. The lowest BCUT2D eigenvalue weighted by molar-refractivity contribution is 0.184. The Morgan fingerprint density at radius 2 is 1.85 bits per heavy atom. The van der Waals surface area contributed by atoms with Crippen molar-refractivity contribution in [3.63, 3.8) is 0 Å². The van der Waals surface area contributed by atoms with Crippen LogP contribution in [0.1, 0.15) is 16.5 Å². The van der Waals surface area contributed by atoms with Gasteiger partial charge in [-0.2, -0.15) is 0 Å². The normalized spacial score (nSPS) is 13.0. The topological polar surface area (TPSA) is 56.7 Å². The van der Waals surface area contributed by atoms with Crippen molar-refractivity contribution in [3.05, 3.63) is 70.6 Å². The average molecular weight is 389 g/mol. The lowest BCUT2D eigenvalue weighted by atomic mass is 10.1. The van der Waals surface area contributed by atoms with Crippen LogP contribution in [0.3, 0.4) is 0 Å². The van der Waals surface area contributed by atoms with Gasteiger partial charge in [-0.05, 0) is 41.6 Å². The highest BCUT2D eigenvalue weighted by Crippen LogP contribution is 2.29. The molecule has 3 rings (SSSR count). The number of halogens is 2. The molecular formula is C20H21F2N3OS. The fourth-order valence-electron chi connectivity index (χ4n) is 2.76. The Balaban J connectivity index is 1.49. The summed E-state index contributed by atoms with van der Waals surface area (Å²) >= 11 is 1.56. The Morgan fingerprint density at radius 1 is 1.11 bits per heavy atom. The monoisotopic (exact) mass is 389 g/mol. The largest absolute Gasteiger partial charge is 0.386 e. The van der Waals surface area contributed by atoms with Gasteiger partial charge in [0.05, 0.1) is 0 Å². The molecule has 0 aliphatic rings. The highest BCUT2D eigenvalue weighted by Gasteiger charge is 2.12. The summed E-state index contributed by atoms with van der Waals surface area (Å²) in [7, 11) is 1.63. The summed E-state index contributed by atoms with van der Waals surface area (Å²) in [4.78, 5) is 4.98. The highest BCUT2D eigenvalue weighted by atomic mass is 32.1. The fourth-order valence-corrected chi connectivity index (χ4v) is 3.81. The summed E-state index contributed by atoms with van der Waals surface area (Å²) in [6.45, 7) is 0.767. The predicted octanol–water partition coefficient (Wildman–Crippen LogP) is 3.62. The van der Waals surface area contributed by atoms with Crippen LogP contribution in [0.5, 0.6) is 0 Å². The molecule has 0 amide bonds. The zero-order valence-corrected chi connectivity index (χ0v) is 15.7. The van der Waals surface area contributed by atoms with E-state index in [1.54, 1.807) is 18.4 Å². The van der Waals surface area contributed by atoms with E-state index < -0.39 is 17.7 Å². The summed E-state index contributed by atoms with van der Waals surface area (Å²) < 4.78 is 27.5. The van der Waals surface area contributed by atoms with Crippen LogP contribution < -0.4 is 10.6 Å². The van der Waals surface area contributed by atoms with Crippen molar-refractivity contribution in [2.75, 3.05) is 20.1 Å². The van der Waals surface area contributed by atoms with Gasteiger partial charge in [-0.1, -0.05) is 18.2 Å². The van der Waals surface area contributed by atoms with Crippen LogP contribution >= 0.6 is 11.3 Å². The first-order chi connectivity index (χ1) is 13.0. The summed E-state index contributed by atoms with van der Waals surface area (Å²) in [5, 5.41) is 17.7. The number of nitrogens with zero attached hydrogens (tertiary/aromatic N) is 1. The summed E-state index contributed by atoms with van der Waals surface area (Å²) in [6, 6.07) is 13.5. The molecule has 7 heteroatoms. The SMILES string of the molecule is CN=C(NCCc1cc(F)cc(F)c1)NCC(O)c1cc2ccccc2s1. The Morgan fingerprint density at radius 3 is 2.56 bits per heavy atom. The van der Waals surface area contributed by atoms with E-state index >= 15 is 0 Å². The van der Waals surface area contributed by atoms with E-state index in [-0.39, 0.29) is 0 Å². The second kappa shape index (κ2) is 8.92. The third-order valence-corrected chi connectivity index (χ3v) is 5.31. The maximum absolute atomic E-state index is 13.2. The van der Waals surface area contributed by atoms with Gasteiger partial charge in [0.15, 0.2) is 5.96 Å². The smallest absolute Gasteiger partial charge is 0.191 e. The van der Waals surface area contributed by atoms with Crippen molar-refractivity contribution in [1.82, 2.24) is 10.6 Å². The van der Waals surface area contributed by atoms with E-state index in [1.165, 1.54) is 12.1 Å². The maximum atomic E-state index is 13.2. The number of fused-ring (bicyclic) bond motifs is 1. The minimum atomic E-state index is -0.654. The minimum Gasteiger partial charge on any atom is -0.386 e. The summed E-state index contributed by atoms with van der Waals surface area (Å²) in [6.07, 6.45) is -0.202. The van der Waals surface area contributed by atoms with Crippen LogP contribution in [0.4, 0.5) is 8.78 Å². The molecule has 1 unspecified atom stereocenters. The number of nitrogens with one attached hydrogen (secondary N) is 2. The van der Waals surface area contributed by atoms with E-state index in [2.05, 4.69) is 15.6 Å². The maximum Gasteiger partial charge on any atom is 0.191 e. The van der Waals surface area contributed by atoms with E-state index in [1.807, 2.05) is 30.3 Å². The molecule has 0 fully saturated rings. The van der Waals surface area contributed by atoms with Gasteiger partial charge in [0.2, 0.25) is 0 Å². The third kappa shape index (κ3) is 5.24. The first-order valence-corrected chi connectivity index (χ1v) is 9.43. The molecule has 1 atom stereocenters. The van der Waals surface area contributed by atoms with Crippen LogP contribution in [0, 0.1) is 11.6 Å². The second-order valence-corrected chi connectivity index (χ2v) is 7.23. The second-order valence-electron chi connectivity index (χ2n) is 6.11. The fraction of sp³-hybridized carbons (Fsp3) is 0.250. The van der Waals surface area contributed by atoms with Gasteiger partial charge >= 0.3 is 0 Å². The standard InChI is InChI=1S/C20H21F2N3OS/c1-23-20(24-7-6-13-8-15(21)11-16(22)9-13)25-12-17(26)19-10-14-4-2-3-5-18(14)27-19/h2-5,8-11,17,26H,6-7,12H2,1H3,(H2,23,24,25). The molecule has 1 heterocycles. The number of aliphatic imine (C=N–C) groups is 1. The molecule has 0 saturated heterocycles. The molecule has 2 aromatic carbocycles. The molecule has 0 saturated carbocycles. The molecule has 0 aliphatic carbocycles. The average Bonchev–Trinajstić information content (AvgIpc) is 3.07. The quantitative estimate of drug-likeness (QED) is 0.446. The van der Waals surface area contributed by atoms with Gasteiger partial charge in [0, 0.05) is 35.8 Å². The Labute approximate surface area is 160 Å². The Bertz CT molecular complexity index is 889. The number of hydrogen-bond donors (Lipinski definition) is 3. The van der Waals surface area contributed by atoms with Crippen molar-refractivity contribution in [2.45, 2.75) is 12.5 Å². The zero-order chi connectivity index (χ0) is 19.2. The number of aliphatic hydroxyl groups is 1. The van der Waals surface area contributed by atoms with Gasteiger partial charge < -0.3 is 15.7 Å². The molecule has 4 nitrogen and oxygen atoms in total. The Kier molecular flexibility index (Phi) is 6.36. The predicted molar refractivity (Wildman–Crippen MR) is 106 cm³/mol. The van der Waals surface area contributed by atoms with Gasteiger partial charge in [-0.3, -0.25) is 4.99 Å². The number of rotatable bonds is 6. The van der Waals surface area contributed by atoms with Crippen molar-refractivity contribution in [3.8, 4) is 0 Å². The van der Waals surface area contributed by atoms with Crippen molar-refractivity contribution in [1.29, 1.82) is 0 Å². The minimum absolute atomic E-state index is 0.307. The number of benzene rings is 2. The summed E-state index contributed by atoms with van der Waals surface area (Å²) in [5.41, 5.74) is 0.570. The van der Waals surface area contributed by atoms with E-state index in [9.17, 15) is 13.9 Å². The molecule has 0 aliphatic heterocycles. The number of thiophene rings is 1. The van der Waals surface area contributed by atoms with Gasteiger partial charge in [-0.15, -0.1) is 11.3 Å². The Hall–Kier alpha value is -2.51. The van der Waals surface area contributed by atoms with E-state index in [4.69, 9.17) is 0 Å². The number of hydrogen-bond acceptors (Lipinski definition) is 3. The molecule has 1 aromatic heterocycles. The molecule has 0 radical (unpaired) electrons. The molecular weight excluding hydrogens is 368 g/mol. The van der Waals surface area contributed by atoms with Crippen LogP contribution in [0.15, 0.2) is 53.5 Å². The first kappa shape index (κ1) is 19.3. The molecule has 0 spiro atoms. The van der Waals surface area contributed by atoms with Crippen LogP contribution in [0.2, 0.25) is 0 Å². The van der Waals surface area contributed by atoms with Crippen molar-refractivity contribution in [2.24, 2.45) is 4.99 Å². The molecule has 0 bridgehead atoms. The lowest BCUT2D eigenvalue weighted by Gasteiger charge is -2.14. The van der Waals surface area contributed by atoms with E-state index in [0.29, 0.717) is 31.0 Å². The highest BCUT2D eigenvalue weighted by molar-refractivity contribution is 7.19. The van der Waals surface area contributed by atoms with Crippen LogP contribution in [-0.2, 0) is 6.42 Å². The number of aliphatic hydroxyl groups excluding tert-OH is 1. The van der Waals surface area contributed by atoms with Crippen LogP contribution in [0.25, 0.3) is 10.1 Å². The van der Waals surface area contributed by atoms with Crippen molar-refractivity contribution >= 4 is 27.4 Å². The first-order valence-electron chi connectivity index (χ1n) is 8.61. The van der Waals surface area contributed by atoms with E-state index in [0.717, 1.165) is 21.0 Å². The molecule has 3 N–H and O–H groups in total. The van der Waals surface area contributed by atoms with Gasteiger partial charge in [-0.25, -0.2) is 8.78 Å². The third-order valence-electron chi connectivity index (χ3n) is 4.09. The zero-order valence-electron chi connectivity index (χ0n) is 14.9. The van der Waals surface area contributed by atoms with Gasteiger partial charge in [0.25, 0.3) is 0 Å². The summed E-state index contributed by atoms with van der Waals surface area (Å²) in [5.74, 6) is -0.648. The molecule has 142 valence electrons.